The van der Waals surface area contributed by atoms with Crippen molar-refractivity contribution in [2.45, 2.75) is 32.0 Å². The summed E-state index contributed by atoms with van der Waals surface area (Å²) in [5, 5.41) is 20.2. The number of benzene rings is 2. The van der Waals surface area contributed by atoms with Crippen LogP contribution in [0.5, 0.6) is 5.75 Å². The molecule has 0 saturated heterocycles. The smallest absolute Gasteiger partial charge is 0.347 e. The Hall–Kier alpha value is -2.04. The molecule has 0 aromatic heterocycles. The van der Waals surface area contributed by atoms with Crippen LogP contribution in [0, 0.1) is 0 Å². The van der Waals surface area contributed by atoms with E-state index in [1.165, 1.54) is 6.92 Å². The molecule has 0 saturated carbocycles. The third kappa shape index (κ3) is 4.03. The van der Waals surface area contributed by atoms with Gasteiger partial charge in [0.25, 0.3) is 0 Å². The van der Waals surface area contributed by atoms with Crippen molar-refractivity contribution in [3.8, 4) is 5.75 Å². The van der Waals surface area contributed by atoms with Crippen molar-refractivity contribution in [2.75, 3.05) is 0 Å². The molecule has 0 spiro atoms. The summed E-state index contributed by atoms with van der Waals surface area (Å²) in [7, 11) is 0. The van der Waals surface area contributed by atoms with Gasteiger partial charge >= 0.3 is 5.97 Å². The van der Waals surface area contributed by atoms with Crippen LogP contribution >= 0.6 is 11.6 Å². The highest BCUT2D eigenvalue weighted by Crippen LogP contribution is 2.27. The van der Waals surface area contributed by atoms with Gasteiger partial charge in [-0.1, -0.05) is 42.8 Å². The topological polar surface area (TPSA) is 66.8 Å². The van der Waals surface area contributed by atoms with Crippen molar-refractivity contribution in [3.63, 3.8) is 0 Å². The van der Waals surface area contributed by atoms with Crippen LogP contribution in [-0.2, 0) is 4.79 Å². The first kappa shape index (κ1) is 17.3. The van der Waals surface area contributed by atoms with E-state index in [1.807, 2.05) is 0 Å². The first-order valence-electron chi connectivity index (χ1n) is 7.31. The van der Waals surface area contributed by atoms with Gasteiger partial charge in [0.1, 0.15) is 11.9 Å². The number of ether oxygens (including phenoxy) is 1. The Balaban J connectivity index is 2.16. The van der Waals surface area contributed by atoms with Gasteiger partial charge in [-0.15, -0.1) is 0 Å². The van der Waals surface area contributed by atoms with E-state index >= 15 is 0 Å². The summed E-state index contributed by atoms with van der Waals surface area (Å²) in [6.07, 6.45) is -0.435. The summed E-state index contributed by atoms with van der Waals surface area (Å²) in [4.78, 5) is 11.3. The normalized spacial score (nSPS) is 14.8. The largest absolute Gasteiger partial charge is 0.478 e. The van der Waals surface area contributed by atoms with E-state index < -0.39 is 17.7 Å². The minimum Gasteiger partial charge on any atom is -0.478 e. The van der Waals surface area contributed by atoms with Gasteiger partial charge in [0.05, 0.1) is 0 Å². The van der Waals surface area contributed by atoms with Crippen LogP contribution in [0.2, 0.25) is 5.02 Å². The van der Waals surface area contributed by atoms with E-state index in [9.17, 15) is 15.0 Å². The summed E-state index contributed by atoms with van der Waals surface area (Å²) in [6.45, 7) is 3.29. The number of aliphatic carboxylic acids is 1. The van der Waals surface area contributed by atoms with E-state index in [1.54, 1.807) is 55.5 Å². The highest BCUT2D eigenvalue weighted by molar-refractivity contribution is 6.30. The van der Waals surface area contributed by atoms with Crippen LogP contribution in [-0.4, -0.2) is 21.8 Å². The molecule has 0 heterocycles. The lowest BCUT2D eigenvalue weighted by molar-refractivity contribution is -0.154. The fourth-order valence-electron chi connectivity index (χ4n) is 2.08. The molecule has 2 atom stereocenters. The highest BCUT2D eigenvalue weighted by Gasteiger charge is 2.33. The number of carbonyl (C=O) groups is 1. The summed E-state index contributed by atoms with van der Waals surface area (Å²) in [5.74, 6) is -0.561. The van der Waals surface area contributed by atoms with Crippen molar-refractivity contribution in [2.24, 2.45) is 0 Å². The van der Waals surface area contributed by atoms with Crippen molar-refractivity contribution in [1.82, 2.24) is 0 Å². The Morgan fingerprint density at radius 2 is 1.61 bits per heavy atom. The van der Waals surface area contributed by atoms with E-state index in [0.717, 1.165) is 5.56 Å². The number of hydrogen-bond acceptors (Lipinski definition) is 3. The van der Waals surface area contributed by atoms with Crippen LogP contribution < -0.4 is 4.74 Å². The van der Waals surface area contributed by atoms with Crippen LogP contribution in [0.4, 0.5) is 0 Å². The maximum absolute atomic E-state index is 11.3. The highest BCUT2D eigenvalue weighted by atomic mass is 35.5. The summed E-state index contributed by atoms with van der Waals surface area (Å²) in [5.41, 5.74) is 0.149. The molecule has 0 radical (unpaired) electrons. The maximum Gasteiger partial charge on any atom is 0.347 e. The molecule has 0 fully saturated rings. The molecule has 0 bridgehead atoms. The van der Waals surface area contributed by atoms with Gasteiger partial charge in [-0.05, 0) is 48.7 Å². The third-order valence-corrected chi connectivity index (χ3v) is 4.10. The second-order valence-electron chi connectivity index (χ2n) is 5.51. The van der Waals surface area contributed by atoms with Gasteiger partial charge < -0.3 is 14.9 Å². The summed E-state index contributed by atoms with van der Waals surface area (Å²) >= 11 is 5.84. The molecule has 0 aliphatic carbocycles. The predicted octanol–water partition coefficient (Wildman–Crippen LogP) is 4.05. The monoisotopic (exact) mass is 334 g/mol. The second-order valence-corrected chi connectivity index (χ2v) is 5.95. The Kier molecular flexibility index (Phi) is 5.29. The lowest BCUT2D eigenvalue weighted by atomic mass is 10.0. The van der Waals surface area contributed by atoms with Gasteiger partial charge in [0.2, 0.25) is 5.60 Å². The predicted molar refractivity (Wildman–Crippen MR) is 88.9 cm³/mol. The molecule has 2 N–H and O–H groups in total. The molecule has 2 aromatic rings. The lowest BCUT2D eigenvalue weighted by Gasteiger charge is -2.25. The van der Waals surface area contributed by atoms with Crippen molar-refractivity contribution >= 4 is 17.6 Å². The fourth-order valence-corrected chi connectivity index (χ4v) is 2.21. The first-order chi connectivity index (χ1) is 10.9. The van der Waals surface area contributed by atoms with Crippen LogP contribution in [0.1, 0.15) is 37.5 Å². The van der Waals surface area contributed by atoms with E-state index in [4.69, 9.17) is 16.3 Å². The molecule has 0 amide bonds. The van der Waals surface area contributed by atoms with Crippen molar-refractivity contribution in [3.05, 3.63) is 64.7 Å². The molecule has 4 nitrogen and oxygen atoms in total. The van der Waals surface area contributed by atoms with Crippen LogP contribution in [0.25, 0.3) is 0 Å². The zero-order chi connectivity index (χ0) is 17.0. The SMILES string of the molecule is CCC(C)(Oc1ccc(C(O)c2ccc(Cl)cc2)cc1)C(=O)O. The Bertz CT molecular complexity index is 666. The molecule has 0 aliphatic heterocycles. The standard InChI is InChI=1S/C18H19ClO4/c1-3-18(2,17(21)22)23-15-10-6-13(7-11-15)16(20)12-4-8-14(19)9-5-12/h4-11,16,20H,3H2,1-2H3,(H,21,22). The fraction of sp³-hybridized carbons (Fsp3) is 0.278. The van der Waals surface area contributed by atoms with Gasteiger partial charge in [-0.25, -0.2) is 4.79 Å². The van der Waals surface area contributed by atoms with E-state index in [2.05, 4.69) is 0 Å². The molecule has 2 aromatic carbocycles. The molecule has 122 valence electrons. The molecule has 23 heavy (non-hydrogen) atoms. The Morgan fingerprint density at radius 1 is 1.13 bits per heavy atom. The lowest BCUT2D eigenvalue weighted by Crippen LogP contribution is -2.40. The first-order valence-corrected chi connectivity index (χ1v) is 7.69. The average molecular weight is 335 g/mol. The number of rotatable bonds is 6. The number of aliphatic hydroxyl groups is 1. The Morgan fingerprint density at radius 3 is 2.04 bits per heavy atom. The van der Waals surface area contributed by atoms with E-state index in [0.29, 0.717) is 22.8 Å². The van der Waals surface area contributed by atoms with E-state index in [-0.39, 0.29) is 0 Å². The van der Waals surface area contributed by atoms with Crippen molar-refractivity contribution < 1.29 is 19.7 Å². The van der Waals surface area contributed by atoms with Gasteiger partial charge in [-0.2, -0.15) is 0 Å². The number of halogens is 1. The minimum atomic E-state index is -1.27. The quantitative estimate of drug-likeness (QED) is 0.836. The van der Waals surface area contributed by atoms with Gasteiger partial charge in [-0.3, -0.25) is 0 Å². The molecule has 0 aliphatic rings. The minimum absolute atomic E-state index is 0.345. The molecule has 2 unspecified atom stereocenters. The average Bonchev–Trinajstić information content (AvgIpc) is 2.55. The zero-order valence-electron chi connectivity index (χ0n) is 13.0. The number of hydrogen-bond donors (Lipinski definition) is 2. The summed E-state index contributed by atoms with van der Waals surface area (Å²) < 4.78 is 5.57. The van der Waals surface area contributed by atoms with Crippen LogP contribution in [0.3, 0.4) is 0 Å². The third-order valence-electron chi connectivity index (χ3n) is 3.85. The summed E-state index contributed by atoms with van der Waals surface area (Å²) in [6, 6.07) is 13.7. The zero-order valence-corrected chi connectivity index (χ0v) is 13.7. The van der Waals surface area contributed by atoms with Crippen molar-refractivity contribution in [1.29, 1.82) is 0 Å². The molecule has 5 heteroatoms. The number of carboxylic acids is 1. The second kappa shape index (κ2) is 7.02. The number of aliphatic hydroxyl groups excluding tert-OH is 1. The van der Waals surface area contributed by atoms with Gasteiger partial charge in [0.15, 0.2) is 0 Å². The molecular weight excluding hydrogens is 316 g/mol. The van der Waals surface area contributed by atoms with Crippen LogP contribution in [0.15, 0.2) is 48.5 Å². The molecule has 2 rings (SSSR count). The number of carboxylic acid groups (broad SMARTS) is 1. The Labute approximate surface area is 140 Å². The maximum atomic E-state index is 11.3. The molecular formula is C18H19ClO4. The van der Waals surface area contributed by atoms with Gasteiger partial charge in [0, 0.05) is 5.02 Å².